The van der Waals surface area contributed by atoms with Gasteiger partial charge in [0.05, 0.1) is 17.9 Å². The summed E-state index contributed by atoms with van der Waals surface area (Å²) in [6.07, 6.45) is 4.22. The molecule has 0 saturated heterocycles. The van der Waals surface area contributed by atoms with Gasteiger partial charge < -0.3 is 5.21 Å². The summed E-state index contributed by atoms with van der Waals surface area (Å²) in [6.45, 7) is 0. The Morgan fingerprint density at radius 3 is 3.10 bits per heavy atom. The first-order valence-corrected chi connectivity index (χ1v) is 2.69. The van der Waals surface area contributed by atoms with Crippen LogP contribution in [0.2, 0.25) is 0 Å². The third-order valence-corrected chi connectivity index (χ3v) is 1.21. The van der Waals surface area contributed by atoms with E-state index in [0.29, 0.717) is 15.9 Å². The zero-order chi connectivity index (χ0) is 6.97. The Morgan fingerprint density at radius 1 is 1.40 bits per heavy atom. The molecular weight excluding hydrogens is 132 g/mol. The van der Waals surface area contributed by atoms with Crippen LogP contribution in [0.4, 0.5) is 0 Å². The van der Waals surface area contributed by atoms with Gasteiger partial charge in [-0.25, -0.2) is 9.97 Å². The van der Waals surface area contributed by atoms with Crippen LogP contribution in [-0.4, -0.2) is 19.9 Å². The lowest BCUT2D eigenvalue weighted by Gasteiger charge is -2.01. The topological polar surface area (TPSA) is 66.7 Å². The van der Waals surface area contributed by atoms with E-state index >= 15 is 0 Å². The Balaban J connectivity index is 2.93. The lowest BCUT2D eigenvalue weighted by atomic mass is 10.5. The lowest BCUT2D eigenvalue weighted by molar-refractivity contribution is 0.917. The predicted octanol–water partition coefficient (Wildman–Crippen LogP) is 0.172. The molecule has 50 valence electrons. The van der Waals surface area contributed by atoms with Gasteiger partial charge in [0.25, 0.3) is 0 Å². The Bertz CT molecular complexity index is 355. The summed E-state index contributed by atoms with van der Waals surface area (Å²) in [5, 5.41) is 14.2. The average molecular weight is 135 g/mol. The van der Waals surface area contributed by atoms with Crippen LogP contribution in [-0.2, 0) is 0 Å². The second kappa shape index (κ2) is 1.66. The van der Waals surface area contributed by atoms with Crippen molar-refractivity contribution >= 4 is 11.0 Å². The number of hydrogen-bond donors (Lipinski definition) is 0. The van der Waals surface area contributed by atoms with E-state index in [2.05, 4.69) is 15.1 Å². The summed E-state index contributed by atoms with van der Waals surface area (Å²) in [5.74, 6) is 0. The number of rotatable bonds is 0. The molecule has 0 radical (unpaired) electrons. The molecule has 0 unspecified atom stereocenters. The average Bonchev–Trinajstić information content (AvgIpc) is 2.34. The Morgan fingerprint density at radius 2 is 2.30 bits per heavy atom. The molecule has 2 aromatic rings. The van der Waals surface area contributed by atoms with Crippen molar-refractivity contribution in [2.45, 2.75) is 0 Å². The fourth-order valence-corrected chi connectivity index (χ4v) is 0.748. The number of nitrogens with zero attached hydrogens (tertiary/aromatic N) is 4. The van der Waals surface area contributed by atoms with E-state index in [1.165, 1.54) is 18.7 Å². The molecule has 10 heavy (non-hydrogen) atoms. The minimum Gasteiger partial charge on any atom is -0.790 e. The van der Waals surface area contributed by atoms with Crippen molar-refractivity contribution in [3.8, 4) is 0 Å². The van der Waals surface area contributed by atoms with E-state index in [4.69, 9.17) is 0 Å². The van der Waals surface area contributed by atoms with Gasteiger partial charge in [0.2, 0.25) is 0 Å². The van der Waals surface area contributed by atoms with Crippen LogP contribution >= 0.6 is 0 Å². The first-order chi connectivity index (χ1) is 4.88. The molecule has 0 atom stereocenters. The van der Waals surface area contributed by atoms with Crippen molar-refractivity contribution in [1.82, 2.24) is 19.9 Å². The second-order valence-corrected chi connectivity index (χ2v) is 1.81. The highest BCUT2D eigenvalue weighted by Gasteiger charge is 1.94. The maximum atomic E-state index is 10.7. The van der Waals surface area contributed by atoms with Crippen molar-refractivity contribution in [3.63, 3.8) is 0 Å². The molecule has 0 aliphatic heterocycles. The Hall–Kier alpha value is -1.65. The van der Waals surface area contributed by atoms with Gasteiger partial charge in [0, 0.05) is 0 Å². The Kier molecular flexibility index (Phi) is 0.858. The maximum absolute atomic E-state index is 10.7. The fraction of sp³-hybridized carbons (Fsp3) is 0. The molecule has 0 aromatic carbocycles. The van der Waals surface area contributed by atoms with Crippen molar-refractivity contribution in [2.24, 2.45) is 0 Å². The zero-order valence-electron chi connectivity index (χ0n) is 4.93. The van der Waals surface area contributed by atoms with Gasteiger partial charge in [0.15, 0.2) is 0 Å². The van der Waals surface area contributed by atoms with Crippen LogP contribution in [0.5, 0.6) is 0 Å². The molecule has 0 saturated carbocycles. The SMILES string of the molecule is [O-]n1ncc2ncncc21. The summed E-state index contributed by atoms with van der Waals surface area (Å²) in [6, 6.07) is 0. The number of aromatic nitrogens is 4. The molecule has 5 heteroatoms. The van der Waals surface area contributed by atoms with Crippen molar-refractivity contribution < 1.29 is 0 Å². The summed E-state index contributed by atoms with van der Waals surface area (Å²) in [7, 11) is 0. The highest BCUT2D eigenvalue weighted by atomic mass is 16.5. The predicted molar refractivity (Wildman–Crippen MR) is 34.1 cm³/mol. The molecule has 0 spiro atoms. The minimum absolute atomic E-state index is 0.405. The monoisotopic (exact) mass is 135 g/mol. The number of hydrogen-bond acceptors (Lipinski definition) is 4. The minimum atomic E-state index is 0.405. The molecule has 2 heterocycles. The first-order valence-electron chi connectivity index (χ1n) is 2.69. The third kappa shape index (κ3) is 0.540. The van der Waals surface area contributed by atoms with Crippen LogP contribution < -0.4 is 0 Å². The van der Waals surface area contributed by atoms with Crippen molar-refractivity contribution in [2.75, 3.05) is 0 Å². The molecule has 5 nitrogen and oxygen atoms in total. The van der Waals surface area contributed by atoms with E-state index in [0.717, 1.165) is 0 Å². The van der Waals surface area contributed by atoms with Crippen molar-refractivity contribution in [1.29, 1.82) is 0 Å². The van der Waals surface area contributed by atoms with Crippen LogP contribution in [0.3, 0.4) is 0 Å². The van der Waals surface area contributed by atoms with Crippen LogP contribution in [0.25, 0.3) is 11.0 Å². The number of fused-ring (bicyclic) bond motifs is 1. The molecule has 0 fully saturated rings. The molecule has 2 rings (SSSR count). The summed E-state index contributed by atoms with van der Waals surface area (Å²) >= 11 is 0. The van der Waals surface area contributed by atoms with Gasteiger partial charge in [-0.2, -0.15) is 5.10 Å². The molecular formula is C5H3N4O-. The zero-order valence-corrected chi connectivity index (χ0v) is 4.93. The highest BCUT2D eigenvalue weighted by Crippen LogP contribution is 2.05. The van der Waals surface area contributed by atoms with E-state index in [1.807, 2.05) is 0 Å². The smallest absolute Gasteiger partial charge is 0.116 e. The van der Waals surface area contributed by atoms with Gasteiger partial charge >= 0.3 is 0 Å². The van der Waals surface area contributed by atoms with E-state index in [1.54, 1.807) is 0 Å². The summed E-state index contributed by atoms with van der Waals surface area (Å²) in [4.78, 5) is 7.98. The largest absolute Gasteiger partial charge is 0.790 e. The fourth-order valence-electron chi connectivity index (χ4n) is 0.748. The van der Waals surface area contributed by atoms with Gasteiger partial charge in [0.1, 0.15) is 11.8 Å². The summed E-state index contributed by atoms with van der Waals surface area (Å²) < 4.78 is 0. The first kappa shape index (κ1) is 5.16. The molecule has 0 amide bonds. The molecule has 2 aromatic heterocycles. The molecule has 0 bridgehead atoms. The van der Waals surface area contributed by atoms with Crippen LogP contribution in [0.15, 0.2) is 18.7 Å². The Labute approximate surface area is 55.9 Å². The highest BCUT2D eigenvalue weighted by molar-refractivity contribution is 5.72. The van der Waals surface area contributed by atoms with Crippen molar-refractivity contribution in [3.05, 3.63) is 23.9 Å². The standard InChI is InChI=1S/C5H3N4O/c10-9-5-2-6-3-7-4(5)1-8-9/h1-3H/q-1. The van der Waals surface area contributed by atoms with Gasteiger partial charge in [-0.1, -0.05) is 0 Å². The summed E-state index contributed by atoms with van der Waals surface area (Å²) in [5.41, 5.74) is 0.979. The maximum Gasteiger partial charge on any atom is 0.116 e. The molecule has 0 aliphatic rings. The molecule has 0 aliphatic carbocycles. The van der Waals surface area contributed by atoms with E-state index < -0.39 is 0 Å². The molecule has 0 N–H and O–H groups in total. The normalized spacial score (nSPS) is 10.4. The van der Waals surface area contributed by atoms with E-state index in [9.17, 15) is 5.21 Å². The van der Waals surface area contributed by atoms with Crippen LogP contribution in [0, 0.1) is 5.21 Å². The third-order valence-electron chi connectivity index (χ3n) is 1.21. The van der Waals surface area contributed by atoms with Crippen LogP contribution in [0.1, 0.15) is 0 Å². The van der Waals surface area contributed by atoms with Gasteiger partial charge in [-0.3, -0.25) is 4.85 Å². The van der Waals surface area contributed by atoms with E-state index in [-0.39, 0.29) is 0 Å². The lowest BCUT2D eigenvalue weighted by Crippen LogP contribution is -1.86. The second-order valence-electron chi connectivity index (χ2n) is 1.81. The van der Waals surface area contributed by atoms with Gasteiger partial charge in [-0.05, 0) is 0 Å². The quantitative estimate of drug-likeness (QED) is 0.516. The van der Waals surface area contributed by atoms with Gasteiger partial charge in [-0.15, -0.1) is 0 Å².